The number of carbonyl (C=O) groups is 1. The molecule has 1 amide bonds. The number of rotatable bonds is 6. The maximum Gasteiger partial charge on any atom is 0.261 e. The maximum absolute atomic E-state index is 12.8. The highest BCUT2D eigenvalue weighted by Gasteiger charge is 2.15. The van der Waals surface area contributed by atoms with Crippen LogP contribution in [0.15, 0.2) is 89.8 Å². The SMILES string of the molecule is N#Cc1ccc(CNC(=O)c2cccc3cc(NS(=O)(=O)c4ccc(Cl)cc4)ccc23)cc1. The molecule has 164 valence electrons. The Morgan fingerprint density at radius 1 is 0.939 bits per heavy atom. The van der Waals surface area contributed by atoms with Gasteiger partial charge in [-0.25, -0.2) is 8.42 Å². The number of anilines is 1. The van der Waals surface area contributed by atoms with Crippen LogP contribution in [-0.4, -0.2) is 14.3 Å². The van der Waals surface area contributed by atoms with E-state index in [-0.39, 0.29) is 10.8 Å². The molecule has 8 heteroatoms. The topological polar surface area (TPSA) is 99.1 Å². The zero-order valence-corrected chi connectivity index (χ0v) is 18.8. The molecule has 0 aromatic heterocycles. The summed E-state index contributed by atoms with van der Waals surface area (Å²) in [6.07, 6.45) is 0. The zero-order valence-electron chi connectivity index (χ0n) is 17.2. The van der Waals surface area contributed by atoms with E-state index in [4.69, 9.17) is 16.9 Å². The van der Waals surface area contributed by atoms with Gasteiger partial charge in [-0.1, -0.05) is 41.9 Å². The van der Waals surface area contributed by atoms with Gasteiger partial charge in [-0.15, -0.1) is 0 Å². The molecule has 0 atom stereocenters. The molecule has 0 heterocycles. The number of halogens is 1. The van der Waals surface area contributed by atoms with Crippen LogP contribution in [0.4, 0.5) is 5.69 Å². The fourth-order valence-corrected chi connectivity index (χ4v) is 4.52. The third-order valence-electron chi connectivity index (χ3n) is 5.04. The number of benzene rings is 4. The lowest BCUT2D eigenvalue weighted by atomic mass is 10.0. The van der Waals surface area contributed by atoms with Gasteiger partial charge in [0.2, 0.25) is 0 Å². The molecule has 0 bridgehead atoms. The number of fused-ring (bicyclic) bond motifs is 1. The third kappa shape index (κ3) is 5.14. The van der Waals surface area contributed by atoms with Crippen molar-refractivity contribution < 1.29 is 13.2 Å². The number of hydrogen-bond donors (Lipinski definition) is 2. The molecule has 0 aliphatic carbocycles. The standard InChI is InChI=1S/C25H18ClN3O3S/c26-20-8-11-22(12-9-20)33(31,32)29-21-10-13-23-19(14-21)2-1-3-24(23)25(30)28-16-18-6-4-17(15-27)5-7-18/h1-14,29H,16H2,(H,28,30). The van der Waals surface area contributed by atoms with Crippen LogP contribution in [0.5, 0.6) is 0 Å². The third-order valence-corrected chi connectivity index (χ3v) is 6.69. The van der Waals surface area contributed by atoms with Crippen molar-refractivity contribution >= 4 is 44.0 Å². The smallest absolute Gasteiger partial charge is 0.261 e. The predicted octanol–water partition coefficient (Wildman–Crippen LogP) is 5.10. The Morgan fingerprint density at radius 3 is 2.36 bits per heavy atom. The molecule has 4 aromatic carbocycles. The maximum atomic E-state index is 12.8. The lowest BCUT2D eigenvalue weighted by Gasteiger charge is -2.11. The summed E-state index contributed by atoms with van der Waals surface area (Å²) in [7, 11) is -3.78. The van der Waals surface area contributed by atoms with E-state index in [9.17, 15) is 13.2 Å². The molecule has 6 nitrogen and oxygen atoms in total. The molecule has 0 saturated carbocycles. The largest absolute Gasteiger partial charge is 0.348 e. The molecule has 0 aliphatic rings. The monoisotopic (exact) mass is 475 g/mol. The van der Waals surface area contributed by atoms with E-state index >= 15 is 0 Å². The van der Waals surface area contributed by atoms with Crippen molar-refractivity contribution in [2.24, 2.45) is 0 Å². The van der Waals surface area contributed by atoms with E-state index < -0.39 is 10.0 Å². The number of nitriles is 1. The van der Waals surface area contributed by atoms with E-state index in [1.807, 2.05) is 6.07 Å². The number of nitrogens with one attached hydrogen (secondary N) is 2. The number of hydrogen-bond acceptors (Lipinski definition) is 4. The van der Waals surface area contributed by atoms with E-state index in [1.54, 1.807) is 54.6 Å². The zero-order chi connectivity index (χ0) is 23.4. The Labute approximate surface area is 196 Å². The van der Waals surface area contributed by atoms with E-state index in [2.05, 4.69) is 16.1 Å². The van der Waals surface area contributed by atoms with Gasteiger partial charge in [0.15, 0.2) is 0 Å². The fraction of sp³-hybridized carbons (Fsp3) is 0.0400. The molecule has 0 aliphatic heterocycles. The molecular formula is C25H18ClN3O3S. The van der Waals surface area contributed by atoms with Crippen molar-refractivity contribution in [1.82, 2.24) is 5.32 Å². The predicted molar refractivity (Wildman–Crippen MR) is 129 cm³/mol. The van der Waals surface area contributed by atoms with Crippen LogP contribution in [0, 0.1) is 11.3 Å². The number of carbonyl (C=O) groups excluding carboxylic acids is 1. The fourth-order valence-electron chi connectivity index (χ4n) is 3.35. The molecule has 0 unspecified atom stereocenters. The Morgan fingerprint density at radius 2 is 1.67 bits per heavy atom. The Bertz CT molecular complexity index is 1480. The molecule has 4 aromatic rings. The first-order valence-electron chi connectivity index (χ1n) is 9.94. The van der Waals surface area contributed by atoms with Gasteiger partial charge in [-0.2, -0.15) is 5.26 Å². The Kier molecular flexibility index (Phi) is 6.31. The minimum atomic E-state index is -3.78. The summed E-state index contributed by atoms with van der Waals surface area (Å²) in [5.74, 6) is -0.251. The summed E-state index contributed by atoms with van der Waals surface area (Å²) in [5.41, 5.74) is 2.30. The number of amides is 1. The van der Waals surface area contributed by atoms with Gasteiger partial charge in [0.25, 0.3) is 15.9 Å². The second kappa shape index (κ2) is 9.33. The van der Waals surface area contributed by atoms with Crippen LogP contribution in [0.2, 0.25) is 5.02 Å². The molecule has 2 N–H and O–H groups in total. The van der Waals surface area contributed by atoms with E-state index in [0.717, 1.165) is 10.9 Å². The molecule has 0 radical (unpaired) electrons. The number of sulfonamides is 1. The summed E-state index contributed by atoms with van der Waals surface area (Å²) >= 11 is 5.84. The van der Waals surface area contributed by atoms with Crippen LogP contribution in [0.1, 0.15) is 21.5 Å². The lowest BCUT2D eigenvalue weighted by Crippen LogP contribution is -2.23. The minimum Gasteiger partial charge on any atom is -0.348 e. The quantitative estimate of drug-likeness (QED) is 0.405. The molecular weight excluding hydrogens is 458 g/mol. The Balaban J connectivity index is 1.53. The second-order valence-electron chi connectivity index (χ2n) is 7.29. The van der Waals surface area contributed by atoms with Crippen molar-refractivity contribution in [3.8, 4) is 6.07 Å². The molecule has 0 saturated heterocycles. The van der Waals surface area contributed by atoms with Gasteiger partial charge >= 0.3 is 0 Å². The summed E-state index contributed by atoms with van der Waals surface area (Å²) in [6.45, 7) is 0.319. The van der Waals surface area contributed by atoms with Gasteiger partial charge in [-0.05, 0) is 70.9 Å². The van der Waals surface area contributed by atoms with Gasteiger partial charge in [0, 0.05) is 22.8 Å². The van der Waals surface area contributed by atoms with Gasteiger partial charge in [0.1, 0.15) is 0 Å². The minimum absolute atomic E-state index is 0.0999. The molecule has 4 rings (SSSR count). The van der Waals surface area contributed by atoms with Gasteiger partial charge in [0.05, 0.1) is 16.5 Å². The van der Waals surface area contributed by atoms with Crippen LogP contribution in [0.3, 0.4) is 0 Å². The van der Waals surface area contributed by atoms with Gasteiger partial charge < -0.3 is 5.32 Å². The van der Waals surface area contributed by atoms with Crippen LogP contribution in [0.25, 0.3) is 10.8 Å². The summed E-state index contributed by atoms with van der Waals surface area (Å²) < 4.78 is 27.9. The van der Waals surface area contributed by atoms with Crippen molar-refractivity contribution in [3.05, 3.63) is 107 Å². The highest BCUT2D eigenvalue weighted by atomic mass is 35.5. The van der Waals surface area contributed by atoms with Gasteiger partial charge in [-0.3, -0.25) is 9.52 Å². The summed E-state index contributed by atoms with van der Waals surface area (Å²) in [4.78, 5) is 12.9. The first kappa shape index (κ1) is 22.3. The first-order chi connectivity index (χ1) is 15.9. The van der Waals surface area contributed by atoms with Crippen LogP contribution < -0.4 is 10.0 Å². The van der Waals surface area contributed by atoms with Crippen molar-refractivity contribution in [2.45, 2.75) is 11.4 Å². The van der Waals surface area contributed by atoms with Crippen LogP contribution in [-0.2, 0) is 16.6 Å². The second-order valence-corrected chi connectivity index (χ2v) is 9.41. The van der Waals surface area contributed by atoms with Crippen molar-refractivity contribution in [2.75, 3.05) is 4.72 Å². The molecule has 0 spiro atoms. The lowest BCUT2D eigenvalue weighted by molar-refractivity contribution is 0.0952. The average Bonchev–Trinajstić information content (AvgIpc) is 2.82. The van der Waals surface area contributed by atoms with Crippen molar-refractivity contribution in [3.63, 3.8) is 0 Å². The average molecular weight is 476 g/mol. The van der Waals surface area contributed by atoms with Crippen molar-refractivity contribution in [1.29, 1.82) is 5.26 Å². The first-order valence-corrected chi connectivity index (χ1v) is 11.8. The highest BCUT2D eigenvalue weighted by Crippen LogP contribution is 2.25. The number of nitrogens with zero attached hydrogens (tertiary/aromatic N) is 1. The van der Waals surface area contributed by atoms with Crippen LogP contribution >= 0.6 is 11.6 Å². The highest BCUT2D eigenvalue weighted by molar-refractivity contribution is 7.92. The molecule has 0 fully saturated rings. The normalized spacial score (nSPS) is 11.0. The Hall–Kier alpha value is -3.86. The van der Waals surface area contributed by atoms with E-state index in [0.29, 0.717) is 33.8 Å². The van der Waals surface area contributed by atoms with E-state index in [1.165, 1.54) is 24.3 Å². The summed E-state index contributed by atoms with van der Waals surface area (Å²) in [5, 5.41) is 13.6. The molecule has 33 heavy (non-hydrogen) atoms. The summed E-state index contributed by atoms with van der Waals surface area (Å²) in [6, 6.07) is 25.2.